The molecule has 0 spiro atoms. The summed E-state index contributed by atoms with van der Waals surface area (Å²) in [5, 5.41) is 14.8. The lowest BCUT2D eigenvalue weighted by molar-refractivity contribution is -0.141. The number of rotatable bonds is 11. The van der Waals surface area contributed by atoms with Crippen LogP contribution in [0.3, 0.4) is 0 Å². The van der Waals surface area contributed by atoms with Crippen LogP contribution in [0.25, 0.3) is 0 Å². The van der Waals surface area contributed by atoms with Crippen molar-refractivity contribution in [1.82, 2.24) is 5.32 Å². The molecule has 0 bridgehead atoms. The summed E-state index contributed by atoms with van der Waals surface area (Å²) in [4.78, 5) is 23.2. The van der Waals surface area contributed by atoms with Crippen LogP contribution in [-0.2, 0) is 16.0 Å². The van der Waals surface area contributed by atoms with E-state index in [0.717, 1.165) is 32.1 Å². The normalized spacial score (nSPS) is 11.9. The Hall–Kier alpha value is -1.88. The largest absolute Gasteiger partial charge is 0.480 e. The highest BCUT2D eigenvalue weighted by Crippen LogP contribution is 2.12. The van der Waals surface area contributed by atoms with Crippen molar-refractivity contribution in [1.29, 1.82) is 0 Å². The maximum absolute atomic E-state index is 12.0. The molecule has 0 fully saturated rings. The molecule has 1 aromatic rings. The number of benzene rings is 1. The molecule has 0 saturated carbocycles. The van der Waals surface area contributed by atoms with Gasteiger partial charge in [-0.2, -0.15) is 0 Å². The number of hydrogen-bond donors (Lipinski definition) is 3. The quantitative estimate of drug-likeness (QED) is 0.547. The number of aliphatic carboxylic acids is 1. The standard InChI is InChI=1S/C18H28N2O3/c1-3-5-7-14-8-10-15(11-9-14)20-17(21)13-16(18(22)23)19-12-6-4-2/h8-11,16,19H,3-7,12-13H2,1-2H3,(H,20,21)(H,22,23). The fraction of sp³-hybridized carbons (Fsp3) is 0.556. The second-order valence-electron chi connectivity index (χ2n) is 5.75. The van der Waals surface area contributed by atoms with Crippen LogP contribution < -0.4 is 10.6 Å². The number of hydrogen-bond acceptors (Lipinski definition) is 3. The number of carboxylic acid groups (broad SMARTS) is 1. The number of nitrogens with one attached hydrogen (secondary N) is 2. The number of anilines is 1. The molecule has 1 rings (SSSR count). The molecule has 23 heavy (non-hydrogen) atoms. The Labute approximate surface area is 138 Å². The summed E-state index contributed by atoms with van der Waals surface area (Å²) in [5.74, 6) is -1.28. The highest BCUT2D eigenvalue weighted by atomic mass is 16.4. The molecule has 5 nitrogen and oxygen atoms in total. The van der Waals surface area contributed by atoms with Crippen molar-refractivity contribution in [2.24, 2.45) is 0 Å². The van der Waals surface area contributed by atoms with Gasteiger partial charge >= 0.3 is 5.97 Å². The Kier molecular flexibility index (Phi) is 8.98. The van der Waals surface area contributed by atoms with E-state index in [0.29, 0.717) is 12.2 Å². The topological polar surface area (TPSA) is 78.4 Å². The first-order chi connectivity index (χ1) is 11.1. The van der Waals surface area contributed by atoms with E-state index in [1.165, 1.54) is 5.56 Å². The summed E-state index contributed by atoms with van der Waals surface area (Å²) in [7, 11) is 0. The minimum absolute atomic E-state index is 0.0728. The molecule has 0 aromatic heterocycles. The van der Waals surface area contributed by atoms with Crippen LogP contribution in [0.1, 0.15) is 51.5 Å². The molecule has 1 aromatic carbocycles. The summed E-state index contributed by atoms with van der Waals surface area (Å²) < 4.78 is 0. The lowest BCUT2D eigenvalue weighted by Crippen LogP contribution is -2.40. The van der Waals surface area contributed by atoms with E-state index in [4.69, 9.17) is 5.11 Å². The lowest BCUT2D eigenvalue weighted by Gasteiger charge is -2.14. The van der Waals surface area contributed by atoms with E-state index < -0.39 is 12.0 Å². The number of amides is 1. The monoisotopic (exact) mass is 320 g/mol. The third kappa shape index (κ3) is 7.79. The van der Waals surface area contributed by atoms with Crippen molar-refractivity contribution >= 4 is 17.6 Å². The Balaban J connectivity index is 2.48. The first-order valence-electron chi connectivity index (χ1n) is 8.41. The minimum atomic E-state index is -0.994. The maximum Gasteiger partial charge on any atom is 0.321 e. The van der Waals surface area contributed by atoms with E-state index in [2.05, 4.69) is 17.6 Å². The number of carboxylic acids is 1. The van der Waals surface area contributed by atoms with Crippen molar-refractivity contribution in [2.45, 2.75) is 58.4 Å². The Morgan fingerprint density at radius 2 is 1.74 bits per heavy atom. The number of carbonyl (C=O) groups is 2. The summed E-state index contributed by atoms with van der Waals surface area (Å²) >= 11 is 0. The van der Waals surface area contributed by atoms with Gasteiger partial charge in [0.25, 0.3) is 0 Å². The third-order valence-electron chi connectivity index (χ3n) is 3.67. The van der Waals surface area contributed by atoms with Gasteiger partial charge in [0.15, 0.2) is 0 Å². The van der Waals surface area contributed by atoms with Gasteiger partial charge in [-0.15, -0.1) is 0 Å². The molecular formula is C18H28N2O3. The van der Waals surface area contributed by atoms with Gasteiger partial charge in [0, 0.05) is 5.69 Å². The average molecular weight is 320 g/mol. The zero-order valence-corrected chi connectivity index (χ0v) is 14.1. The fourth-order valence-electron chi connectivity index (χ4n) is 2.23. The molecule has 0 aliphatic heterocycles. The number of unbranched alkanes of at least 4 members (excludes halogenated alkanes) is 2. The SMILES string of the molecule is CCCCNC(CC(=O)Nc1ccc(CCCC)cc1)C(=O)O. The summed E-state index contributed by atoms with van der Waals surface area (Å²) in [6, 6.07) is 6.89. The van der Waals surface area contributed by atoms with Crippen molar-refractivity contribution < 1.29 is 14.7 Å². The first kappa shape index (κ1) is 19.2. The molecule has 0 aliphatic carbocycles. The number of carbonyl (C=O) groups excluding carboxylic acids is 1. The highest BCUT2D eigenvalue weighted by molar-refractivity contribution is 5.94. The molecule has 0 heterocycles. The Bertz CT molecular complexity index is 486. The molecular weight excluding hydrogens is 292 g/mol. The van der Waals surface area contributed by atoms with Crippen LogP contribution in [0.5, 0.6) is 0 Å². The second-order valence-corrected chi connectivity index (χ2v) is 5.75. The van der Waals surface area contributed by atoms with Crippen LogP contribution >= 0.6 is 0 Å². The molecule has 5 heteroatoms. The summed E-state index contributed by atoms with van der Waals surface area (Å²) in [5.41, 5.74) is 1.95. The van der Waals surface area contributed by atoms with Gasteiger partial charge in [0.05, 0.1) is 6.42 Å². The predicted octanol–water partition coefficient (Wildman–Crippen LogP) is 3.20. The third-order valence-corrected chi connectivity index (χ3v) is 3.67. The van der Waals surface area contributed by atoms with Gasteiger partial charge < -0.3 is 15.7 Å². The number of aryl methyl sites for hydroxylation is 1. The Morgan fingerprint density at radius 1 is 1.09 bits per heavy atom. The van der Waals surface area contributed by atoms with Gasteiger partial charge in [-0.1, -0.05) is 38.8 Å². The van der Waals surface area contributed by atoms with Crippen LogP contribution in [-0.4, -0.2) is 29.6 Å². The van der Waals surface area contributed by atoms with E-state index in [-0.39, 0.29) is 12.3 Å². The van der Waals surface area contributed by atoms with E-state index >= 15 is 0 Å². The van der Waals surface area contributed by atoms with Gasteiger partial charge in [-0.05, 0) is 43.5 Å². The predicted molar refractivity (Wildman–Crippen MR) is 92.6 cm³/mol. The van der Waals surface area contributed by atoms with Crippen LogP contribution in [0.4, 0.5) is 5.69 Å². The van der Waals surface area contributed by atoms with Gasteiger partial charge in [-0.25, -0.2) is 0 Å². The molecule has 0 aliphatic rings. The molecule has 0 radical (unpaired) electrons. The van der Waals surface area contributed by atoms with E-state index in [9.17, 15) is 9.59 Å². The van der Waals surface area contributed by atoms with Crippen LogP contribution in [0.15, 0.2) is 24.3 Å². The second kappa shape index (κ2) is 10.8. The fourth-order valence-corrected chi connectivity index (χ4v) is 2.23. The van der Waals surface area contributed by atoms with Gasteiger partial charge in [0.2, 0.25) is 5.91 Å². The van der Waals surface area contributed by atoms with Gasteiger partial charge in [-0.3, -0.25) is 9.59 Å². The highest BCUT2D eigenvalue weighted by Gasteiger charge is 2.20. The molecule has 1 unspecified atom stereocenters. The molecule has 128 valence electrons. The van der Waals surface area contributed by atoms with Crippen molar-refractivity contribution in [3.63, 3.8) is 0 Å². The molecule has 1 amide bonds. The summed E-state index contributed by atoms with van der Waals surface area (Å²) in [6.07, 6.45) is 5.14. The molecule has 3 N–H and O–H groups in total. The van der Waals surface area contributed by atoms with Gasteiger partial charge in [0.1, 0.15) is 6.04 Å². The molecule has 1 atom stereocenters. The zero-order valence-electron chi connectivity index (χ0n) is 14.1. The lowest BCUT2D eigenvalue weighted by atomic mass is 10.1. The van der Waals surface area contributed by atoms with Crippen molar-refractivity contribution in [2.75, 3.05) is 11.9 Å². The Morgan fingerprint density at radius 3 is 2.30 bits per heavy atom. The van der Waals surface area contributed by atoms with Crippen LogP contribution in [0.2, 0.25) is 0 Å². The van der Waals surface area contributed by atoms with Crippen molar-refractivity contribution in [3.8, 4) is 0 Å². The van der Waals surface area contributed by atoms with E-state index in [1.54, 1.807) is 0 Å². The minimum Gasteiger partial charge on any atom is -0.480 e. The first-order valence-corrected chi connectivity index (χ1v) is 8.41. The molecule has 0 saturated heterocycles. The zero-order chi connectivity index (χ0) is 17.1. The average Bonchev–Trinajstić information content (AvgIpc) is 2.53. The van der Waals surface area contributed by atoms with Crippen LogP contribution in [0, 0.1) is 0 Å². The van der Waals surface area contributed by atoms with Crippen molar-refractivity contribution in [3.05, 3.63) is 29.8 Å². The maximum atomic E-state index is 12.0. The van der Waals surface area contributed by atoms with E-state index in [1.807, 2.05) is 31.2 Å². The summed E-state index contributed by atoms with van der Waals surface area (Å²) in [6.45, 7) is 4.79. The smallest absolute Gasteiger partial charge is 0.321 e.